The number of anilines is 2. The fourth-order valence-electron chi connectivity index (χ4n) is 3.24. The molecule has 0 saturated heterocycles. The summed E-state index contributed by atoms with van der Waals surface area (Å²) in [6, 6.07) is 16.0. The van der Waals surface area contributed by atoms with E-state index >= 15 is 0 Å². The van der Waals surface area contributed by atoms with Gasteiger partial charge in [-0.1, -0.05) is 76.6 Å². The van der Waals surface area contributed by atoms with Gasteiger partial charge in [0, 0.05) is 18.8 Å². The van der Waals surface area contributed by atoms with Gasteiger partial charge in [-0.15, -0.1) is 0 Å². The molecule has 3 heteroatoms. The highest BCUT2D eigenvalue weighted by Crippen LogP contribution is 2.21. The zero-order valence-corrected chi connectivity index (χ0v) is 17.6. The van der Waals surface area contributed by atoms with E-state index in [4.69, 9.17) is 0 Å². The minimum Gasteiger partial charge on any atom is -0.385 e. The topological polar surface area (TPSA) is 41.1 Å². The van der Waals surface area contributed by atoms with Crippen molar-refractivity contribution in [2.45, 2.75) is 65.2 Å². The lowest BCUT2D eigenvalue weighted by atomic mass is 10.1. The van der Waals surface area contributed by atoms with E-state index < -0.39 is 0 Å². The lowest BCUT2D eigenvalue weighted by Gasteiger charge is -2.07. The Kier molecular flexibility index (Phi) is 10.2. The zero-order valence-electron chi connectivity index (χ0n) is 17.6. The van der Waals surface area contributed by atoms with Gasteiger partial charge in [0.1, 0.15) is 0 Å². The van der Waals surface area contributed by atoms with E-state index in [1.807, 2.05) is 18.2 Å². The van der Waals surface area contributed by atoms with Gasteiger partial charge in [0.2, 0.25) is 5.43 Å². The Morgan fingerprint density at radius 3 is 1.75 bits per heavy atom. The molecular weight excluding hydrogens is 344 g/mol. The minimum absolute atomic E-state index is 0.0482. The summed E-state index contributed by atoms with van der Waals surface area (Å²) in [6.45, 7) is 6.32. The van der Waals surface area contributed by atoms with Crippen LogP contribution in [-0.2, 0) is 0 Å². The Morgan fingerprint density at radius 1 is 0.607 bits per heavy atom. The lowest BCUT2D eigenvalue weighted by molar-refractivity contribution is 0.685. The Hall–Kier alpha value is -2.29. The lowest BCUT2D eigenvalue weighted by Crippen LogP contribution is -2.09. The number of unbranched alkanes of at least 4 members (excludes halogenated alkanes) is 6. The SMILES string of the molecule is CCCCCCNc1ccc(-c2ccc(NCCCCCC)c(=O)cc2)cc1. The molecule has 28 heavy (non-hydrogen) atoms. The second-order valence-corrected chi connectivity index (χ2v) is 7.45. The van der Waals surface area contributed by atoms with Crippen molar-refractivity contribution in [1.82, 2.24) is 0 Å². The number of rotatable bonds is 13. The third-order valence-electron chi connectivity index (χ3n) is 5.03. The van der Waals surface area contributed by atoms with Crippen LogP contribution in [0.25, 0.3) is 11.1 Å². The molecule has 2 aromatic carbocycles. The van der Waals surface area contributed by atoms with Gasteiger partial charge in [0.15, 0.2) is 0 Å². The first-order valence-electron chi connectivity index (χ1n) is 11.0. The van der Waals surface area contributed by atoms with Crippen LogP contribution in [0.5, 0.6) is 0 Å². The molecular formula is C25H36N2O. The molecule has 2 aromatic rings. The van der Waals surface area contributed by atoms with Crippen LogP contribution < -0.4 is 16.1 Å². The Labute approximate surface area is 170 Å². The number of nitrogens with one attached hydrogen (secondary N) is 2. The monoisotopic (exact) mass is 380 g/mol. The van der Waals surface area contributed by atoms with Crippen molar-refractivity contribution in [3.63, 3.8) is 0 Å². The molecule has 0 spiro atoms. The van der Waals surface area contributed by atoms with Crippen LogP contribution in [0.2, 0.25) is 0 Å². The van der Waals surface area contributed by atoms with Gasteiger partial charge in [-0.05, 0) is 48.2 Å². The van der Waals surface area contributed by atoms with Gasteiger partial charge < -0.3 is 10.6 Å². The normalized spacial score (nSPS) is 10.6. The molecule has 0 radical (unpaired) electrons. The number of benzene rings is 1. The summed E-state index contributed by atoms with van der Waals surface area (Å²) in [5.41, 5.74) is 4.08. The first-order chi connectivity index (χ1) is 13.7. The van der Waals surface area contributed by atoms with E-state index in [-0.39, 0.29) is 5.43 Å². The van der Waals surface area contributed by atoms with Gasteiger partial charge in [0.05, 0.1) is 5.69 Å². The summed E-state index contributed by atoms with van der Waals surface area (Å²) in [6.07, 6.45) is 9.87. The van der Waals surface area contributed by atoms with Crippen LogP contribution >= 0.6 is 0 Å². The Bertz CT molecular complexity index is 740. The van der Waals surface area contributed by atoms with Gasteiger partial charge in [-0.3, -0.25) is 4.79 Å². The van der Waals surface area contributed by atoms with Crippen LogP contribution in [0.4, 0.5) is 11.4 Å². The van der Waals surface area contributed by atoms with Gasteiger partial charge in [-0.25, -0.2) is 0 Å². The van der Waals surface area contributed by atoms with E-state index in [1.54, 1.807) is 6.07 Å². The molecule has 3 nitrogen and oxygen atoms in total. The fraction of sp³-hybridized carbons (Fsp3) is 0.480. The predicted molar refractivity (Wildman–Crippen MR) is 123 cm³/mol. The van der Waals surface area contributed by atoms with E-state index in [9.17, 15) is 4.79 Å². The maximum atomic E-state index is 12.3. The highest BCUT2D eigenvalue weighted by atomic mass is 16.1. The second-order valence-electron chi connectivity index (χ2n) is 7.45. The standard InChI is InChI=1S/C25H36N2O/c1-3-5-7-9-19-26-23-15-11-21(12-16-23)22-13-17-24(25(28)18-14-22)27-20-10-8-6-4-2/h11-18,26H,3-10,19-20H2,1-2H3,(H,27,28). The van der Waals surface area contributed by atoms with Crippen molar-refractivity contribution in [2.24, 2.45) is 0 Å². The van der Waals surface area contributed by atoms with Crippen molar-refractivity contribution in [3.05, 3.63) is 58.8 Å². The molecule has 0 unspecified atom stereocenters. The highest BCUT2D eigenvalue weighted by Gasteiger charge is 2.01. The minimum atomic E-state index is 0.0482. The van der Waals surface area contributed by atoms with Gasteiger partial charge in [-0.2, -0.15) is 0 Å². The molecule has 0 aliphatic carbocycles. The maximum Gasteiger partial charge on any atom is 0.201 e. The highest BCUT2D eigenvalue weighted by molar-refractivity contribution is 5.66. The Balaban J connectivity index is 1.93. The summed E-state index contributed by atoms with van der Waals surface area (Å²) in [7, 11) is 0. The summed E-state index contributed by atoms with van der Waals surface area (Å²) >= 11 is 0. The number of hydrogen-bond donors (Lipinski definition) is 2. The molecule has 2 rings (SSSR count). The third kappa shape index (κ3) is 7.75. The van der Waals surface area contributed by atoms with Crippen LogP contribution in [-0.4, -0.2) is 13.1 Å². The fourth-order valence-corrected chi connectivity index (χ4v) is 3.24. The number of hydrogen-bond acceptors (Lipinski definition) is 3. The first kappa shape index (κ1) is 22.0. The maximum absolute atomic E-state index is 12.3. The van der Waals surface area contributed by atoms with E-state index in [0.29, 0.717) is 5.69 Å². The summed E-state index contributed by atoms with van der Waals surface area (Å²) < 4.78 is 0. The van der Waals surface area contributed by atoms with Crippen LogP contribution in [0.3, 0.4) is 0 Å². The summed E-state index contributed by atoms with van der Waals surface area (Å²) in [5.74, 6) is 0. The second kappa shape index (κ2) is 13.0. The molecule has 0 aromatic heterocycles. The molecule has 0 amide bonds. The molecule has 0 heterocycles. The van der Waals surface area contributed by atoms with Crippen molar-refractivity contribution in [2.75, 3.05) is 23.7 Å². The van der Waals surface area contributed by atoms with Crippen LogP contribution in [0.15, 0.2) is 53.3 Å². The van der Waals surface area contributed by atoms with Crippen LogP contribution in [0.1, 0.15) is 65.2 Å². The average Bonchev–Trinajstić information content (AvgIpc) is 2.90. The van der Waals surface area contributed by atoms with Crippen LogP contribution in [0, 0.1) is 0 Å². The van der Waals surface area contributed by atoms with Crippen molar-refractivity contribution in [1.29, 1.82) is 0 Å². The average molecular weight is 381 g/mol. The largest absolute Gasteiger partial charge is 0.385 e. The smallest absolute Gasteiger partial charge is 0.201 e. The van der Waals surface area contributed by atoms with Crippen molar-refractivity contribution in [3.8, 4) is 11.1 Å². The van der Waals surface area contributed by atoms with E-state index in [1.165, 1.54) is 44.9 Å². The van der Waals surface area contributed by atoms with Crippen molar-refractivity contribution >= 4 is 11.4 Å². The predicted octanol–water partition coefficient (Wildman–Crippen LogP) is 6.70. The molecule has 152 valence electrons. The summed E-state index contributed by atoms with van der Waals surface area (Å²) in [4.78, 5) is 12.3. The van der Waals surface area contributed by atoms with E-state index in [2.05, 4.69) is 48.7 Å². The molecule has 0 aliphatic heterocycles. The molecule has 0 bridgehead atoms. The third-order valence-corrected chi connectivity index (χ3v) is 5.03. The summed E-state index contributed by atoms with van der Waals surface area (Å²) in [5, 5.41) is 6.78. The first-order valence-corrected chi connectivity index (χ1v) is 11.0. The Morgan fingerprint density at radius 2 is 1.14 bits per heavy atom. The van der Waals surface area contributed by atoms with Crippen molar-refractivity contribution < 1.29 is 0 Å². The molecule has 2 N–H and O–H groups in total. The van der Waals surface area contributed by atoms with Gasteiger partial charge >= 0.3 is 0 Å². The van der Waals surface area contributed by atoms with E-state index in [0.717, 1.165) is 36.3 Å². The molecule has 0 fully saturated rings. The molecule has 0 saturated carbocycles. The zero-order chi connectivity index (χ0) is 20.0. The van der Waals surface area contributed by atoms with Gasteiger partial charge in [0.25, 0.3) is 0 Å². The molecule has 0 atom stereocenters. The quantitative estimate of drug-likeness (QED) is 0.380. The molecule has 0 aliphatic rings.